The first-order valence-corrected chi connectivity index (χ1v) is 7.21. The number of hydrogen-bond acceptors (Lipinski definition) is 3. The van der Waals surface area contributed by atoms with Crippen molar-refractivity contribution < 1.29 is 9.53 Å². The summed E-state index contributed by atoms with van der Waals surface area (Å²) in [6.07, 6.45) is 2.75. The quantitative estimate of drug-likeness (QED) is 0.800. The Morgan fingerprint density at radius 2 is 2.15 bits per heavy atom. The molecular formula is C16H24N2O2. The lowest BCUT2D eigenvalue weighted by Gasteiger charge is -2.35. The van der Waals surface area contributed by atoms with Crippen LogP contribution in [0.5, 0.6) is 0 Å². The van der Waals surface area contributed by atoms with Crippen LogP contribution in [-0.2, 0) is 16.0 Å². The fourth-order valence-electron chi connectivity index (χ4n) is 2.97. The third-order valence-electron chi connectivity index (χ3n) is 4.17. The molecule has 1 N–H and O–H groups in total. The van der Waals surface area contributed by atoms with Gasteiger partial charge in [-0.05, 0) is 38.4 Å². The first-order valence-electron chi connectivity index (χ1n) is 7.21. The van der Waals surface area contributed by atoms with Crippen molar-refractivity contribution in [3.63, 3.8) is 0 Å². The van der Waals surface area contributed by atoms with Gasteiger partial charge < -0.3 is 10.1 Å². The highest BCUT2D eigenvalue weighted by Crippen LogP contribution is 2.31. The number of methoxy groups -OCH3 is 1. The fourth-order valence-corrected chi connectivity index (χ4v) is 2.97. The smallest absolute Gasteiger partial charge is 0.240 e. The molecule has 4 nitrogen and oxygen atoms in total. The molecule has 0 radical (unpaired) electrons. The number of hydrogen-bond donors (Lipinski definition) is 1. The van der Waals surface area contributed by atoms with Gasteiger partial charge in [-0.25, -0.2) is 0 Å². The van der Waals surface area contributed by atoms with Gasteiger partial charge in [-0.3, -0.25) is 9.69 Å². The zero-order chi connectivity index (χ0) is 14.4. The van der Waals surface area contributed by atoms with E-state index in [2.05, 4.69) is 22.3 Å². The van der Waals surface area contributed by atoms with Crippen LogP contribution in [0, 0.1) is 0 Å². The molecule has 1 aromatic rings. The summed E-state index contributed by atoms with van der Waals surface area (Å²) in [5.74, 6) is 0.124. The van der Waals surface area contributed by atoms with Crippen molar-refractivity contribution in [3.05, 3.63) is 35.9 Å². The second-order valence-electron chi connectivity index (χ2n) is 5.47. The number of likely N-dealkylation sites (tertiary alicyclic amines) is 1. The first-order chi connectivity index (χ1) is 9.69. The Kier molecular flexibility index (Phi) is 5.15. The van der Waals surface area contributed by atoms with Crippen molar-refractivity contribution in [2.75, 3.05) is 33.9 Å². The van der Waals surface area contributed by atoms with Gasteiger partial charge in [0.2, 0.25) is 5.91 Å². The topological polar surface area (TPSA) is 41.6 Å². The molecule has 1 aliphatic rings. The molecule has 1 heterocycles. The van der Waals surface area contributed by atoms with Crippen LogP contribution in [0.2, 0.25) is 0 Å². The molecule has 0 bridgehead atoms. The highest BCUT2D eigenvalue weighted by atomic mass is 16.5. The number of carbonyl (C=O) groups excluding carboxylic acids is 1. The van der Waals surface area contributed by atoms with Crippen LogP contribution in [0.4, 0.5) is 0 Å². The van der Waals surface area contributed by atoms with Crippen molar-refractivity contribution in [1.82, 2.24) is 10.2 Å². The molecule has 1 aliphatic heterocycles. The predicted octanol–water partition coefficient (Wildman–Crippen LogP) is 1.46. The lowest BCUT2D eigenvalue weighted by Crippen LogP contribution is -2.56. The lowest BCUT2D eigenvalue weighted by atomic mass is 9.87. The lowest BCUT2D eigenvalue weighted by molar-refractivity contribution is -0.131. The van der Waals surface area contributed by atoms with Crippen molar-refractivity contribution in [2.45, 2.75) is 24.8 Å². The van der Waals surface area contributed by atoms with Gasteiger partial charge in [0.1, 0.15) is 5.54 Å². The zero-order valence-corrected chi connectivity index (χ0v) is 12.4. The molecule has 2 rings (SSSR count). The molecule has 0 spiro atoms. The van der Waals surface area contributed by atoms with Crippen LogP contribution in [0.1, 0.15) is 18.4 Å². The maximum absolute atomic E-state index is 12.6. The predicted molar refractivity (Wildman–Crippen MR) is 79.6 cm³/mol. The number of nitrogens with zero attached hydrogens (tertiary/aromatic N) is 1. The largest absolute Gasteiger partial charge is 0.383 e. The summed E-state index contributed by atoms with van der Waals surface area (Å²) >= 11 is 0. The summed E-state index contributed by atoms with van der Waals surface area (Å²) in [6.45, 7) is 2.10. The standard InChI is InChI=1S/C16H24N2O2/c1-18-11-6-9-16(18,15(19)17-10-12-20-2)13-14-7-4-3-5-8-14/h3-5,7-8H,6,9-13H2,1-2H3,(H,17,19)/t16-/m1/s1. The van der Waals surface area contributed by atoms with Gasteiger partial charge >= 0.3 is 0 Å². The summed E-state index contributed by atoms with van der Waals surface area (Å²) in [4.78, 5) is 14.8. The molecule has 0 aliphatic carbocycles. The van der Waals surface area contributed by atoms with Crippen LogP contribution in [0.25, 0.3) is 0 Å². The first kappa shape index (κ1) is 15.0. The van der Waals surface area contributed by atoms with Gasteiger partial charge in [-0.15, -0.1) is 0 Å². The minimum absolute atomic E-state index is 0.124. The van der Waals surface area contributed by atoms with Crippen molar-refractivity contribution in [1.29, 1.82) is 0 Å². The van der Waals surface area contributed by atoms with E-state index in [9.17, 15) is 4.79 Å². The van der Waals surface area contributed by atoms with Crippen LogP contribution < -0.4 is 5.32 Å². The van der Waals surface area contributed by atoms with Gasteiger partial charge in [0, 0.05) is 13.7 Å². The van der Waals surface area contributed by atoms with Crippen LogP contribution in [-0.4, -0.2) is 50.2 Å². The third kappa shape index (κ3) is 3.19. The van der Waals surface area contributed by atoms with E-state index in [1.54, 1.807) is 7.11 Å². The number of rotatable bonds is 6. The number of ether oxygens (including phenoxy) is 1. The number of nitrogens with one attached hydrogen (secondary N) is 1. The van der Waals surface area contributed by atoms with E-state index < -0.39 is 5.54 Å². The molecule has 1 fully saturated rings. The monoisotopic (exact) mass is 276 g/mol. The van der Waals surface area contributed by atoms with Gasteiger partial charge in [-0.2, -0.15) is 0 Å². The SMILES string of the molecule is COCCNC(=O)[C@]1(Cc2ccccc2)CCCN1C. The Morgan fingerprint density at radius 1 is 1.40 bits per heavy atom. The number of benzene rings is 1. The molecule has 20 heavy (non-hydrogen) atoms. The van der Waals surface area contributed by atoms with E-state index in [-0.39, 0.29) is 5.91 Å². The van der Waals surface area contributed by atoms with E-state index in [0.29, 0.717) is 13.2 Å². The van der Waals surface area contributed by atoms with E-state index in [4.69, 9.17) is 4.74 Å². The van der Waals surface area contributed by atoms with Crippen molar-refractivity contribution >= 4 is 5.91 Å². The highest BCUT2D eigenvalue weighted by Gasteiger charge is 2.45. The van der Waals surface area contributed by atoms with E-state index in [1.807, 2.05) is 25.2 Å². The summed E-state index contributed by atoms with van der Waals surface area (Å²) in [5, 5.41) is 3.01. The normalized spacial score (nSPS) is 22.9. The van der Waals surface area contributed by atoms with E-state index in [1.165, 1.54) is 5.56 Å². The molecule has 1 atom stereocenters. The van der Waals surface area contributed by atoms with Gasteiger partial charge in [0.05, 0.1) is 6.61 Å². The maximum Gasteiger partial charge on any atom is 0.240 e. The number of amides is 1. The number of likely N-dealkylation sites (N-methyl/N-ethyl adjacent to an activating group) is 1. The van der Waals surface area contributed by atoms with Gasteiger partial charge in [0.15, 0.2) is 0 Å². The van der Waals surface area contributed by atoms with E-state index >= 15 is 0 Å². The molecule has 1 aromatic carbocycles. The third-order valence-corrected chi connectivity index (χ3v) is 4.17. The van der Waals surface area contributed by atoms with Crippen molar-refractivity contribution in [2.24, 2.45) is 0 Å². The molecule has 0 saturated carbocycles. The summed E-state index contributed by atoms with van der Waals surface area (Å²) in [5.41, 5.74) is 0.804. The average Bonchev–Trinajstić information content (AvgIpc) is 2.82. The average molecular weight is 276 g/mol. The van der Waals surface area contributed by atoms with Crippen LogP contribution >= 0.6 is 0 Å². The van der Waals surface area contributed by atoms with Gasteiger partial charge in [0.25, 0.3) is 0 Å². The molecule has 0 aromatic heterocycles. The summed E-state index contributed by atoms with van der Waals surface area (Å²) < 4.78 is 5.00. The second kappa shape index (κ2) is 6.86. The Hall–Kier alpha value is -1.39. The number of carbonyl (C=O) groups is 1. The maximum atomic E-state index is 12.6. The molecule has 0 unspecified atom stereocenters. The fraction of sp³-hybridized carbons (Fsp3) is 0.562. The van der Waals surface area contributed by atoms with E-state index in [0.717, 1.165) is 25.8 Å². The Morgan fingerprint density at radius 3 is 2.75 bits per heavy atom. The molecule has 1 amide bonds. The molecule has 1 saturated heterocycles. The Bertz CT molecular complexity index is 435. The second-order valence-corrected chi connectivity index (χ2v) is 5.47. The molecule has 110 valence electrons. The van der Waals surface area contributed by atoms with Gasteiger partial charge in [-0.1, -0.05) is 30.3 Å². The van der Waals surface area contributed by atoms with Crippen LogP contribution in [0.3, 0.4) is 0 Å². The summed E-state index contributed by atoms with van der Waals surface area (Å²) in [7, 11) is 3.69. The van der Waals surface area contributed by atoms with Crippen molar-refractivity contribution in [3.8, 4) is 0 Å². The minimum atomic E-state index is -0.408. The minimum Gasteiger partial charge on any atom is -0.383 e. The van der Waals surface area contributed by atoms with Crippen LogP contribution in [0.15, 0.2) is 30.3 Å². The molecule has 4 heteroatoms. The highest BCUT2D eigenvalue weighted by molar-refractivity contribution is 5.87. The Balaban J connectivity index is 2.12. The summed E-state index contributed by atoms with van der Waals surface area (Å²) in [6, 6.07) is 10.3. The Labute approximate surface area is 121 Å². The molecular weight excluding hydrogens is 252 g/mol. The zero-order valence-electron chi connectivity index (χ0n) is 12.4.